The molecule has 0 aliphatic heterocycles. The van der Waals surface area contributed by atoms with Crippen LogP contribution >= 0.6 is 0 Å². The van der Waals surface area contributed by atoms with Crippen LogP contribution in [0.3, 0.4) is 0 Å². The Morgan fingerprint density at radius 1 is 1.27 bits per heavy atom. The lowest BCUT2D eigenvalue weighted by molar-refractivity contribution is 0.583. The highest BCUT2D eigenvalue weighted by atomic mass is 32.2. The van der Waals surface area contributed by atoms with Crippen LogP contribution in [-0.4, -0.2) is 20.7 Å². The largest absolute Gasteiger partial charge is 0.215 e. The maximum Gasteiger partial charge on any atom is 0.211 e. The van der Waals surface area contributed by atoms with Crippen LogP contribution < -0.4 is 4.72 Å². The summed E-state index contributed by atoms with van der Waals surface area (Å²) in [4.78, 5) is 0. The van der Waals surface area contributed by atoms with Crippen molar-refractivity contribution in [3.05, 3.63) is 35.4 Å². The van der Waals surface area contributed by atoms with Crippen LogP contribution in [0.4, 0.5) is 0 Å². The highest BCUT2D eigenvalue weighted by molar-refractivity contribution is 7.89. The van der Waals surface area contributed by atoms with E-state index in [1.165, 1.54) is 11.1 Å². The number of benzene rings is 1. The van der Waals surface area contributed by atoms with E-state index in [2.05, 4.69) is 4.72 Å². The molecule has 0 heterocycles. The first-order chi connectivity index (χ1) is 7.05. The van der Waals surface area contributed by atoms with Crippen LogP contribution in [0.2, 0.25) is 0 Å². The van der Waals surface area contributed by atoms with Crippen LogP contribution in [0.5, 0.6) is 0 Å². The Labute approximate surface area is 91.6 Å². The van der Waals surface area contributed by atoms with Gasteiger partial charge in [-0.15, -0.1) is 0 Å². The standard InChI is InChI=1S/C11H17NO2S/c1-3-15(13,14)12-9-8-11-7-5-4-6-10(11)2/h4-7,12H,3,8-9H2,1-2H3. The molecule has 3 nitrogen and oxygen atoms in total. The lowest BCUT2D eigenvalue weighted by Gasteiger charge is -2.06. The molecule has 0 saturated carbocycles. The second-order valence-electron chi connectivity index (χ2n) is 3.47. The van der Waals surface area contributed by atoms with Crippen LogP contribution in [0, 0.1) is 6.92 Å². The first kappa shape index (κ1) is 12.2. The fourth-order valence-corrected chi connectivity index (χ4v) is 1.95. The van der Waals surface area contributed by atoms with E-state index in [1.54, 1.807) is 6.92 Å². The van der Waals surface area contributed by atoms with Crippen molar-refractivity contribution in [2.24, 2.45) is 0 Å². The van der Waals surface area contributed by atoms with Gasteiger partial charge in [-0.3, -0.25) is 0 Å². The van der Waals surface area contributed by atoms with Gasteiger partial charge in [0.15, 0.2) is 0 Å². The molecule has 0 radical (unpaired) electrons. The van der Waals surface area contributed by atoms with Crippen molar-refractivity contribution in [2.75, 3.05) is 12.3 Å². The SMILES string of the molecule is CCS(=O)(=O)NCCc1ccccc1C. The van der Waals surface area contributed by atoms with Crippen LogP contribution in [0.15, 0.2) is 24.3 Å². The van der Waals surface area contributed by atoms with E-state index in [1.807, 2.05) is 31.2 Å². The zero-order valence-electron chi connectivity index (χ0n) is 9.16. The Bertz CT molecular complexity index is 412. The molecule has 0 aliphatic carbocycles. The monoisotopic (exact) mass is 227 g/mol. The van der Waals surface area contributed by atoms with Gasteiger partial charge in [-0.05, 0) is 31.4 Å². The Balaban J connectivity index is 2.49. The van der Waals surface area contributed by atoms with Crippen molar-refractivity contribution in [3.8, 4) is 0 Å². The molecule has 0 atom stereocenters. The fourth-order valence-electron chi connectivity index (χ4n) is 1.33. The van der Waals surface area contributed by atoms with Gasteiger partial charge in [-0.1, -0.05) is 24.3 Å². The Hall–Kier alpha value is -0.870. The molecule has 0 fully saturated rings. The van der Waals surface area contributed by atoms with Gasteiger partial charge in [0.1, 0.15) is 0 Å². The third kappa shape index (κ3) is 4.01. The average Bonchev–Trinajstić information content (AvgIpc) is 2.21. The number of sulfonamides is 1. The number of nitrogens with one attached hydrogen (secondary N) is 1. The van der Waals surface area contributed by atoms with Crippen molar-refractivity contribution in [3.63, 3.8) is 0 Å². The molecule has 0 aromatic heterocycles. The van der Waals surface area contributed by atoms with Crippen molar-refractivity contribution in [1.29, 1.82) is 0 Å². The van der Waals surface area contributed by atoms with Gasteiger partial charge in [0, 0.05) is 6.54 Å². The number of rotatable bonds is 5. The molecule has 84 valence electrons. The summed E-state index contributed by atoms with van der Waals surface area (Å²) in [6.07, 6.45) is 0.742. The van der Waals surface area contributed by atoms with Crippen LogP contribution in [0.1, 0.15) is 18.1 Å². The molecule has 4 heteroatoms. The van der Waals surface area contributed by atoms with Gasteiger partial charge in [0.2, 0.25) is 10.0 Å². The third-order valence-corrected chi connectivity index (χ3v) is 3.76. The quantitative estimate of drug-likeness (QED) is 0.828. The predicted octanol–water partition coefficient (Wildman–Crippen LogP) is 1.48. The van der Waals surface area contributed by atoms with Gasteiger partial charge >= 0.3 is 0 Å². The lowest BCUT2D eigenvalue weighted by Crippen LogP contribution is -2.27. The van der Waals surface area contributed by atoms with E-state index in [9.17, 15) is 8.42 Å². The summed E-state index contributed by atoms with van der Waals surface area (Å²) >= 11 is 0. The van der Waals surface area contributed by atoms with Crippen LogP contribution in [0.25, 0.3) is 0 Å². The first-order valence-corrected chi connectivity index (χ1v) is 6.72. The topological polar surface area (TPSA) is 46.2 Å². The molecule has 0 amide bonds. The summed E-state index contributed by atoms with van der Waals surface area (Å²) < 4.78 is 24.9. The van der Waals surface area contributed by atoms with E-state index >= 15 is 0 Å². The summed E-state index contributed by atoms with van der Waals surface area (Å²) in [5.74, 6) is 0.140. The van der Waals surface area contributed by atoms with Crippen molar-refractivity contribution in [1.82, 2.24) is 4.72 Å². The van der Waals surface area contributed by atoms with Gasteiger partial charge in [0.05, 0.1) is 5.75 Å². The summed E-state index contributed by atoms with van der Waals surface area (Å²) in [6.45, 7) is 4.14. The molecule has 1 N–H and O–H groups in total. The molecule has 0 saturated heterocycles. The minimum Gasteiger partial charge on any atom is -0.215 e. The van der Waals surface area contributed by atoms with E-state index in [0.717, 1.165) is 6.42 Å². The molecule has 0 aliphatic rings. The van der Waals surface area contributed by atoms with Crippen molar-refractivity contribution >= 4 is 10.0 Å². The molecule has 1 aromatic carbocycles. The minimum atomic E-state index is -3.05. The van der Waals surface area contributed by atoms with E-state index in [4.69, 9.17) is 0 Å². The second kappa shape index (κ2) is 5.28. The number of hydrogen-bond donors (Lipinski definition) is 1. The van der Waals surface area contributed by atoms with Crippen LogP contribution in [-0.2, 0) is 16.4 Å². The van der Waals surface area contributed by atoms with E-state index < -0.39 is 10.0 Å². The van der Waals surface area contributed by atoms with Crippen molar-refractivity contribution in [2.45, 2.75) is 20.3 Å². The summed E-state index contributed by atoms with van der Waals surface area (Å²) in [6, 6.07) is 8.00. The molecule has 15 heavy (non-hydrogen) atoms. The molecule has 0 bridgehead atoms. The zero-order chi connectivity index (χ0) is 11.3. The Morgan fingerprint density at radius 3 is 2.53 bits per heavy atom. The fraction of sp³-hybridized carbons (Fsp3) is 0.455. The highest BCUT2D eigenvalue weighted by Gasteiger charge is 2.05. The van der Waals surface area contributed by atoms with E-state index in [0.29, 0.717) is 6.54 Å². The van der Waals surface area contributed by atoms with E-state index in [-0.39, 0.29) is 5.75 Å². The predicted molar refractivity (Wildman–Crippen MR) is 62.3 cm³/mol. The normalized spacial score (nSPS) is 11.6. The highest BCUT2D eigenvalue weighted by Crippen LogP contribution is 2.06. The van der Waals surface area contributed by atoms with Crippen molar-refractivity contribution < 1.29 is 8.42 Å². The minimum absolute atomic E-state index is 0.140. The number of hydrogen-bond acceptors (Lipinski definition) is 2. The number of aryl methyl sites for hydroxylation is 1. The maximum absolute atomic E-state index is 11.2. The first-order valence-electron chi connectivity index (χ1n) is 5.07. The van der Waals surface area contributed by atoms with Gasteiger partial charge in [-0.25, -0.2) is 13.1 Å². The lowest BCUT2D eigenvalue weighted by atomic mass is 10.1. The smallest absolute Gasteiger partial charge is 0.211 e. The average molecular weight is 227 g/mol. The molecule has 1 rings (SSSR count). The van der Waals surface area contributed by atoms with Gasteiger partial charge in [-0.2, -0.15) is 0 Å². The van der Waals surface area contributed by atoms with Gasteiger partial charge < -0.3 is 0 Å². The second-order valence-corrected chi connectivity index (χ2v) is 5.57. The zero-order valence-corrected chi connectivity index (χ0v) is 9.97. The summed E-state index contributed by atoms with van der Waals surface area (Å²) in [7, 11) is -3.05. The molecule has 0 spiro atoms. The Kier molecular flexibility index (Phi) is 4.29. The third-order valence-electron chi connectivity index (χ3n) is 2.36. The Morgan fingerprint density at radius 2 is 1.93 bits per heavy atom. The maximum atomic E-state index is 11.2. The molecule has 0 unspecified atom stereocenters. The summed E-state index contributed by atoms with van der Waals surface area (Å²) in [5, 5.41) is 0. The summed E-state index contributed by atoms with van der Waals surface area (Å²) in [5.41, 5.74) is 2.39. The van der Waals surface area contributed by atoms with Gasteiger partial charge in [0.25, 0.3) is 0 Å². The molecular formula is C11H17NO2S. The molecule has 1 aromatic rings. The molecular weight excluding hydrogens is 210 g/mol.